The van der Waals surface area contributed by atoms with Crippen LogP contribution >= 0.6 is 0 Å². The van der Waals surface area contributed by atoms with Gasteiger partial charge in [-0.3, -0.25) is 0 Å². The monoisotopic (exact) mass is 718 g/mol. The van der Waals surface area contributed by atoms with E-state index in [9.17, 15) is 0 Å². The molecule has 262 valence electrons. The summed E-state index contributed by atoms with van der Waals surface area (Å²) < 4.78 is 12.4. The zero-order valence-corrected chi connectivity index (χ0v) is 29.9. The summed E-state index contributed by atoms with van der Waals surface area (Å²) in [5.74, 6) is 1.26. The highest BCUT2D eigenvalue weighted by Crippen LogP contribution is 2.39. The molecule has 6 heteroatoms. The van der Waals surface area contributed by atoms with Crippen LogP contribution in [-0.2, 0) is 0 Å². The first-order valence-electron chi connectivity index (χ1n) is 18.5. The number of rotatable bonds is 6. The number of furan rings is 2. The van der Waals surface area contributed by atoms with Gasteiger partial charge in [-0.1, -0.05) is 97.1 Å². The number of benzene rings is 7. The van der Waals surface area contributed by atoms with Gasteiger partial charge in [-0.25, -0.2) is 19.9 Å². The Kier molecular flexibility index (Phi) is 7.38. The zero-order chi connectivity index (χ0) is 37.0. The molecular weight excluding hydrogens is 689 g/mol. The molecule has 11 rings (SSSR count). The minimum absolute atomic E-state index is 0.615. The standard InChI is InChI=1S/C50H30N4O2/c1-2-10-31(11-3-1)43-30-44(54-50(53-43)35-13-8-12-34(24-35)49-51-22-9-23-52-49)38-26-36(32-18-20-47-41(28-32)39-14-4-6-16-45(39)55-47)25-37(27-38)33-19-21-48-42(29-33)40-15-5-7-17-46(40)56-48/h1-30H. The smallest absolute Gasteiger partial charge is 0.160 e. The summed E-state index contributed by atoms with van der Waals surface area (Å²) in [6, 6.07) is 58.3. The lowest BCUT2D eigenvalue weighted by Crippen LogP contribution is -1.97. The van der Waals surface area contributed by atoms with Crippen molar-refractivity contribution in [2.45, 2.75) is 0 Å². The Morgan fingerprint density at radius 3 is 1.39 bits per heavy atom. The summed E-state index contributed by atoms with van der Waals surface area (Å²) >= 11 is 0. The third-order valence-electron chi connectivity index (χ3n) is 10.4. The molecule has 11 aromatic rings. The van der Waals surface area contributed by atoms with Crippen molar-refractivity contribution in [3.05, 3.63) is 182 Å². The molecule has 0 saturated carbocycles. The van der Waals surface area contributed by atoms with Gasteiger partial charge in [0.25, 0.3) is 0 Å². The van der Waals surface area contributed by atoms with E-state index in [1.165, 1.54) is 0 Å². The maximum atomic E-state index is 6.21. The summed E-state index contributed by atoms with van der Waals surface area (Å²) in [4.78, 5) is 19.4. The van der Waals surface area contributed by atoms with E-state index in [-0.39, 0.29) is 0 Å². The largest absolute Gasteiger partial charge is 0.456 e. The van der Waals surface area contributed by atoms with Gasteiger partial charge in [0.2, 0.25) is 0 Å². The van der Waals surface area contributed by atoms with Gasteiger partial charge in [-0.2, -0.15) is 0 Å². The molecule has 0 spiro atoms. The van der Waals surface area contributed by atoms with E-state index < -0.39 is 0 Å². The summed E-state index contributed by atoms with van der Waals surface area (Å²) in [6.45, 7) is 0. The lowest BCUT2D eigenvalue weighted by atomic mass is 9.93. The van der Waals surface area contributed by atoms with Crippen molar-refractivity contribution < 1.29 is 8.83 Å². The molecule has 0 radical (unpaired) electrons. The fourth-order valence-electron chi connectivity index (χ4n) is 7.65. The van der Waals surface area contributed by atoms with E-state index in [1.54, 1.807) is 12.4 Å². The van der Waals surface area contributed by atoms with Crippen molar-refractivity contribution in [2.24, 2.45) is 0 Å². The van der Waals surface area contributed by atoms with Crippen LogP contribution in [0.3, 0.4) is 0 Å². The Morgan fingerprint density at radius 2 is 0.768 bits per heavy atom. The van der Waals surface area contributed by atoms with Crippen molar-refractivity contribution in [2.75, 3.05) is 0 Å². The third kappa shape index (κ3) is 5.60. The highest BCUT2D eigenvalue weighted by Gasteiger charge is 2.17. The second kappa shape index (κ2) is 13.0. The molecule has 4 heterocycles. The van der Waals surface area contributed by atoms with Crippen molar-refractivity contribution in [1.29, 1.82) is 0 Å². The molecule has 6 nitrogen and oxygen atoms in total. The van der Waals surface area contributed by atoms with Crippen molar-refractivity contribution in [3.8, 4) is 67.5 Å². The minimum atomic E-state index is 0.615. The predicted octanol–water partition coefficient (Wildman–Crippen LogP) is 13.1. The lowest BCUT2D eigenvalue weighted by molar-refractivity contribution is 0.668. The SMILES string of the molecule is c1ccc(-c2cc(-c3cc(-c4ccc5oc6ccccc6c5c4)cc(-c4ccc5oc6ccccc6c5c4)c3)nc(-c3cccc(-c4ncccn4)c3)n2)cc1. The Bertz CT molecular complexity index is 3130. The third-order valence-corrected chi connectivity index (χ3v) is 10.4. The molecule has 0 saturated heterocycles. The number of hydrogen-bond acceptors (Lipinski definition) is 6. The van der Waals surface area contributed by atoms with Gasteiger partial charge in [0.15, 0.2) is 11.6 Å². The Labute approximate surface area is 321 Å². The maximum Gasteiger partial charge on any atom is 0.160 e. The van der Waals surface area contributed by atoms with Gasteiger partial charge >= 0.3 is 0 Å². The molecule has 0 fully saturated rings. The molecule has 56 heavy (non-hydrogen) atoms. The lowest BCUT2D eigenvalue weighted by Gasteiger charge is -2.14. The first-order valence-corrected chi connectivity index (χ1v) is 18.5. The maximum absolute atomic E-state index is 6.21. The molecule has 0 aliphatic heterocycles. The van der Waals surface area contributed by atoms with Gasteiger partial charge in [-0.15, -0.1) is 0 Å². The van der Waals surface area contributed by atoms with Gasteiger partial charge in [0, 0.05) is 56.2 Å². The van der Waals surface area contributed by atoms with E-state index in [0.717, 1.165) is 99.8 Å². The predicted molar refractivity (Wildman–Crippen MR) is 225 cm³/mol. The first-order chi connectivity index (χ1) is 27.7. The van der Waals surface area contributed by atoms with Gasteiger partial charge in [-0.05, 0) is 95.1 Å². The van der Waals surface area contributed by atoms with E-state index in [2.05, 4.69) is 113 Å². The number of nitrogens with zero attached hydrogens (tertiary/aromatic N) is 4. The van der Waals surface area contributed by atoms with E-state index in [1.807, 2.05) is 66.7 Å². The molecule has 0 aliphatic rings. The first kappa shape index (κ1) is 31.8. The van der Waals surface area contributed by atoms with E-state index in [4.69, 9.17) is 18.8 Å². The summed E-state index contributed by atoms with van der Waals surface area (Å²) in [6.07, 6.45) is 3.51. The van der Waals surface area contributed by atoms with Crippen LogP contribution in [0.15, 0.2) is 191 Å². The number of fused-ring (bicyclic) bond motifs is 6. The second-order valence-electron chi connectivity index (χ2n) is 13.9. The average molecular weight is 719 g/mol. The molecule has 7 aromatic carbocycles. The van der Waals surface area contributed by atoms with Crippen molar-refractivity contribution in [1.82, 2.24) is 19.9 Å². The van der Waals surface area contributed by atoms with Crippen molar-refractivity contribution >= 4 is 43.9 Å². The molecule has 0 unspecified atom stereocenters. The van der Waals surface area contributed by atoms with Gasteiger partial charge in [0.1, 0.15) is 22.3 Å². The fraction of sp³-hybridized carbons (Fsp3) is 0. The Hall–Kier alpha value is -7.70. The average Bonchev–Trinajstić information content (AvgIpc) is 3.84. The zero-order valence-electron chi connectivity index (χ0n) is 29.9. The number of para-hydroxylation sites is 2. The van der Waals surface area contributed by atoms with Crippen LogP contribution in [-0.4, -0.2) is 19.9 Å². The summed E-state index contributed by atoms with van der Waals surface area (Å²) in [5.41, 5.74) is 13.1. The summed E-state index contributed by atoms with van der Waals surface area (Å²) in [5, 5.41) is 4.34. The van der Waals surface area contributed by atoms with Crippen LogP contribution in [0.2, 0.25) is 0 Å². The number of aromatic nitrogens is 4. The van der Waals surface area contributed by atoms with Crippen LogP contribution in [0.1, 0.15) is 0 Å². The molecule has 0 atom stereocenters. The molecule has 4 aromatic heterocycles. The minimum Gasteiger partial charge on any atom is -0.456 e. The topological polar surface area (TPSA) is 77.8 Å². The van der Waals surface area contributed by atoms with Crippen LogP contribution in [0.4, 0.5) is 0 Å². The summed E-state index contributed by atoms with van der Waals surface area (Å²) in [7, 11) is 0. The van der Waals surface area contributed by atoms with E-state index in [0.29, 0.717) is 11.6 Å². The number of hydrogen-bond donors (Lipinski definition) is 0. The normalized spacial score (nSPS) is 11.6. The Balaban J connectivity index is 1.13. The molecule has 0 aliphatic carbocycles. The highest BCUT2D eigenvalue weighted by molar-refractivity contribution is 6.07. The fourth-order valence-corrected chi connectivity index (χ4v) is 7.65. The molecule has 0 N–H and O–H groups in total. The second-order valence-corrected chi connectivity index (χ2v) is 13.9. The highest BCUT2D eigenvalue weighted by atomic mass is 16.3. The van der Waals surface area contributed by atoms with Crippen LogP contribution in [0.25, 0.3) is 111 Å². The van der Waals surface area contributed by atoms with E-state index >= 15 is 0 Å². The van der Waals surface area contributed by atoms with Crippen LogP contribution in [0, 0.1) is 0 Å². The molecule has 0 amide bonds. The van der Waals surface area contributed by atoms with Crippen LogP contribution in [0.5, 0.6) is 0 Å². The Morgan fingerprint density at radius 1 is 0.286 bits per heavy atom. The molecular formula is C50H30N4O2. The van der Waals surface area contributed by atoms with Crippen molar-refractivity contribution in [3.63, 3.8) is 0 Å². The quantitative estimate of drug-likeness (QED) is 0.170. The van der Waals surface area contributed by atoms with Gasteiger partial charge in [0.05, 0.1) is 11.4 Å². The molecule has 0 bridgehead atoms. The van der Waals surface area contributed by atoms with Gasteiger partial charge < -0.3 is 8.83 Å². The van der Waals surface area contributed by atoms with Crippen LogP contribution < -0.4 is 0 Å².